The second kappa shape index (κ2) is 12.8. The summed E-state index contributed by atoms with van der Waals surface area (Å²) in [5.74, 6) is -0.0818. The van der Waals surface area contributed by atoms with Crippen LogP contribution in [0.3, 0.4) is 0 Å². The Labute approximate surface area is 240 Å². The third-order valence-corrected chi connectivity index (χ3v) is 10.0. The summed E-state index contributed by atoms with van der Waals surface area (Å²) in [6.45, 7) is 6.42. The van der Waals surface area contributed by atoms with Gasteiger partial charge in [-0.3, -0.25) is 14.5 Å². The van der Waals surface area contributed by atoms with Crippen LogP contribution >= 0.6 is 22.7 Å². The molecule has 6 nitrogen and oxygen atoms in total. The number of thiophene rings is 2. The van der Waals surface area contributed by atoms with Crippen molar-refractivity contribution in [2.24, 2.45) is 5.73 Å². The predicted molar refractivity (Wildman–Crippen MR) is 160 cm³/mol. The average molecular weight is 565 g/mol. The lowest BCUT2D eigenvalue weighted by Gasteiger charge is -2.43. The van der Waals surface area contributed by atoms with Crippen molar-refractivity contribution in [1.29, 1.82) is 0 Å². The van der Waals surface area contributed by atoms with Crippen molar-refractivity contribution < 1.29 is 9.59 Å². The first-order valence-electron chi connectivity index (χ1n) is 14.1. The van der Waals surface area contributed by atoms with E-state index in [0.717, 1.165) is 50.8 Å². The molecule has 2 aliphatic rings. The molecule has 0 bridgehead atoms. The number of nitrogens with zero attached hydrogens (tertiary/aromatic N) is 2. The largest absolute Gasteiger partial charge is 0.352 e. The Balaban J connectivity index is 1.37. The van der Waals surface area contributed by atoms with Crippen molar-refractivity contribution in [1.82, 2.24) is 15.1 Å². The van der Waals surface area contributed by atoms with Crippen molar-refractivity contribution in [2.75, 3.05) is 6.54 Å². The van der Waals surface area contributed by atoms with Gasteiger partial charge in [0.2, 0.25) is 5.91 Å². The summed E-state index contributed by atoms with van der Waals surface area (Å²) in [4.78, 5) is 35.9. The molecular formula is C31H40N4O2S2. The molecule has 3 N–H and O–H groups in total. The third kappa shape index (κ3) is 7.17. The number of nitrogens with one attached hydrogen (secondary N) is 1. The molecule has 1 saturated carbocycles. The SMILES string of the molecule is Cc1ccc(C(=O)N2CCC(N(Cc3cccs3)Cc3ccc(C)s3)C[C@@H]2C(=O)NC2CCC(N)CC2)cc1. The molecule has 1 aliphatic carbocycles. The molecule has 3 aromatic rings. The second-order valence-electron chi connectivity index (χ2n) is 11.2. The number of hydrogen-bond donors (Lipinski definition) is 2. The Morgan fingerprint density at radius 1 is 0.974 bits per heavy atom. The van der Waals surface area contributed by atoms with Gasteiger partial charge >= 0.3 is 0 Å². The number of carbonyl (C=O) groups is 2. The number of aryl methyl sites for hydroxylation is 2. The van der Waals surface area contributed by atoms with E-state index in [-0.39, 0.29) is 29.9 Å². The first kappa shape index (κ1) is 28.0. The zero-order valence-electron chi connectivity index (χ0n) is 23.0. The molecule has 3 heterocycles. The fraction of sp³-hybridized carbons (Fsp3) is 0.484. The van der Waals surface area contributed by atoms with Gasteiger partial charge in [0.15, 0.2) is 0 Å². The molecule has 5 rings (SSSR count). The maximum Gasteiger partial charge on any atom is 0.254 e. The summed E-state index contributed by atoms with van der Waals surface area (Å²) < 4.78 is 0. The molecule has 39 heavy (non-hydrogen) atoms. The van der Waals surface area contributed by atoms with Crippen LogP contribution < -0.4 is 11.1 Å². The lowest BCUT2D eigenvalue weighted by molar-refractivity contribution is -0.128. The van der Waals surface area contributed by atoms with Crippen LogP contribution in [0.25, 0.3) is 0 Å². The van der Waals surface area contributed by atoms with Gasteiger partial charge in [-0.15, -0.1) is 22.7 Å². The first-order valence-corrected chi connectivity index (χ1v) is 15.8. The van der Waals surface area contributed by atoms with Gasteiger partial charge in [0.05, 0.1) is 0 Å². The number of piperidine rings is 1. The molecule has 2 atom stereocenters. The second-order valence-corrected chi connectivity index (χ2v) is 13.6. The number of rotatable bonds is 8. The fourth-order valence-corrected chi connectivity index (χ4v) is 7.53. The van der Waals surface area contributed by atoms with Gasteiger partial charge in [-0.2, -0.15) is 0 Å². The van der Waals surface area contributed by atoms with E-state index < -0.39 is 6.04 Å². The van der Waals surface area contributed by atoms with E-state index in [1.807, 2.05) is 47.4 Å². The van der Waals surface area contributed by atoms with Crippen molar-refractivity contribution in [2.45, 2.75) is 89.6 Å². The van der Waals surface area contributed by atoms with Crippen molar-refractivity contribution in [3.63, 3.8) is 0 Å². The van der Waals surface area contributed by atoms with Crippen LogP contribution in [0.5, 0.6) is 0 Å². The van der Waals surface area contributed by atoms with Crippen LogP contribution in [-0.2, 0) is 17.9 Å². The summed E-state index contributed by atoms with van der Waals surface area (Å²) >= 11 is 3.61. The van der Waals surface area contributed by atoms with Crippen LogP contribution in [0.1, 0.15) is 69.1 Å². The number of nitrogens with two attached hydrogens (primary N) is 1. The summed E-state index contributed by atoms with van der Waals surface area (Å²) in [5, 5.41) is 5.43. The van der Waals surface area contributed by atoms with Gasteiger partial charge in [-0.25, -0.2) is 0 Å². The van der Waals surface area contributed by atoms with Gasteiger partial charge in [-0.05, 0) is 88.1 Å². The monoisotopic (exact) mass is 564 g/mol. The van der Waals surface area contributed by atoms with E-state index in [0.29, 0.717) is 18.5 Å². The lowest BCUT2D eigenvalue weighted by Crippen LogP contribution is -2.58. The highest BCUT2D eigenvalue weighted by molar-refractivity contribution is 7.11. The number of hydrogen-bond acceptors (Lipinski definition) is 6. The Hall–Kier alpha value is -2.52. The van der Waals surface area contributed by atoms with Crippen LogP contribution in [0, 0.1) is 13.8 Å². The Morgan fingerprint density at radius 2 is 1.72 bits per heavy atom. The molecule has 0 spiro atoms. The molecule has 2 aromatic heterocycles. The molecule has 208 valence electrons. The standard InChI is InChI=1S/C31H40N4O2S2/c1-21-5-8-23(9-6-21)31(37)35-16-15-26(18-29(35)30(36)33-25-12-10-24(32)11-13-25)34(19-27-4-3-17-38-27)20-28-14-7-22(2)39-28/h3-9,14,17,24-26,29H,10-13,15-16,18-20,32H2,1-2H3,(H,33,36)/t24?,25?,26?,29-/m1/s1. The normalized spacial score (nSPS) is 23.6. The number of amides is 2. The first-order chi connectivity index (χ1) is 18.9. The number of likely N-dealkylation sites (tertiary alicyclic amines) is 1. The smallest absolute Gasteiger partial charge is 0.254 e. The van der Waals surface area contributed by atoms with E-state index in [1.165, 1.54) is 14.6 Å². The van der Waals surface area contributed by atoms with Crippen LogP contribution in [-0.4, -0.2) is 52.3 Å². The van der Waals surface area contributed by atoms with Gasteiger partial charge in [0.1, 0.15) is 6.04 Å². The predicted octanol–water partition coefficient (Wildman–Crippen LogP) is 5.49. The lowest BCUT2D eigenvalue weighted by atomic mass is 9.90. The zero-order chi connectivity index (χ0) is 27.4. The van der Waals surface area contributed by atoms with Gasteiger partial charge in [-0.1, -0.05) is 23.8 Å². The maximum absolute atomic E-state index is 13.8. The Bertz CT molecular complexity index is 1230. The maximum atomic E-state index is 13.8. The summed E-state index contributed by atoms with van der Waals surface area (Å²) in [6.07, 6.45) is 5.13. The fourth-order valence-electron chi connectivity index (χ4n) is 5.88. The quantitative estimate of drug-likeness (QED) is 0.379. The van der Waals surface area contributed by atoms with E-state index in [4.69, 9.17) is 5.73 Å². The van der Waals surface area contributed by atoms with Crippen LogP contribution in [0.15, 0.2) is 53.9 Å². The molecule has 1 unspecified atom stereocenters. The van der Waals surface area contributed by atoms with E-state index in [1.54, 1.807) is 11.3 Å². The Morgan fingerprint density at radius 3 is 2.38 bits per heavy atom. The van der Waals surface area contributed by atoms with Gasteiger partial charge in [0, 0.05) is 58.0 Å². The molecule has 1 aromatic carbocycles. The summed E-state index contributed by atoms with van der Waals surface area (Å²) in [5.41, 5.74) is 7.87. The Kier molecular flexibility index (Phi) is 9.17. The van der Waals surface area contributed by atoms with E-state index in [9.17, 15) is 9.59 Å². The highest BCUT2D eigenvalue weighted by Crippen LogP contribution is 2.30. The minimum Gasteiger partial charge on any atom is -0.352 e. The molecule has 1 saturated heterocycles. The van der Waals surface area contributed by atoms with Gasteiger partial charge in [0.25, 0.3) is 5.91 Å². The molecule has 8 heteroatoms. The third-order valence-electron chi connectivity index (χ3n) is 8.17. The van der Waals surface area contributed by atoms with E-state index >= 15 is 0 Å². The molecule has 2 fully saturated rings. The van der Waals surface area contributed by atoms with Crippen LogP contribution in [0.4, 0.5) is 0 Å². The van der Waals surface area contributed by atoms with Gasteiger partial charge < -0.3 is 16.0 Å². The molecule has 2 amide bonds. The summed E-state index contributed by atoms with van der Waals surface area (Å²) in [6, 6.07) is 16.4. The van der Waals surface area contributed by atoms with Crippen molar-refractivity contribution in [3.05, 3.63) is 79.7 Å². The molecular weight excluding hydrogens is 525 g/mol. The van der Waals surface area contributed by atoms with Crippen molar-refractivity contribution in [3.8, 4) is 0 Å². The van der Waals surface area contributed by atoms with E-state index in [2.05, 4.69) is 46.8 Å². The molecule has 0 radical (unpaired) electrons. The highest BCUT2D eigenvalue weighted by Gasteiger charge is 2.39. The van der Waals surface area contributed by atoms with Crippen molar-refractivity contribution >= 4 is 34.5 Å². The minimum absolute atomic E-state index is 0.0244. The number of benzene rings is 1. The topological polar surface area (TPSA) is 78.7 Å². The number of carbonyl (C=O) groups excluding carboxylic acids is 2. The summed E-state index contributed by atoms with van der Waals surface area (Å²) in [7, 11) is 0. The minimum atomic E-state index is -0.496. The highest BCUT2D eigenvalue weighted by atomic mass is 32.1. The average Bonchev–Trinajstić information content (AvgIpc) is 3.61. The zero-order valence-corrected chi connectivity index (χ0v) is 24.6. The molecule has 1 aliphatic heterocycles. The van der Waals surface area contributed by atoms with Crippen LogP contribution in [0.2, 0.25) is 0 Å².